The van der Waals surface area contributed by atoms with E-state index in [1.165, 1.54) is 5.56 Å². The van der Waals surface area contributed by atoms with Crippen molar-refractivity contribution in [3.63, 3.8) is 0 Å². The number of nitrogens with zero attached hydrogens (tertiary/aromatic N) is 1. The van der Waals surface area contributed by atoms with E-state index < -0.39 is 0 Å². The number of carbonyl (C=O) groups is 1. The molecule has 2 heterocycles. The molecule has 2 aromatic rings. The molecule has 0 atom stereocenters. The van der Waals surface area contributed by atoms with E-state index in [0.29, 0.717) is 6.42 Å². The van der Waals surface area contributed by atoms with Crippen molar-refractivity contribution in [2.45, 2.75) is 19.8 Å². The van der Waals surface area contributed by atoms with Crippen LogP contribution in [0.3, 0.4) is 0 Å². The summed E-state index contributed by atoms with van der Waals surface area (Å²) in [5, 5.41) is 4.12. The number of ketones is 1. The van der Waals surface area contributed by atoms with Gasteiger partial charge in [-0.3, -0.25) is 9.78 Å². The maximum absolute atomic E-state index is 11.9. The highest BCUT2D eigenvalue weighted by molar-refractivity contribution is 7.07. The van der Waals surface area contributed by atoms with Crippen molar-refractivity contribution in [1.82, 2.24) is 4.98 Å². The second kappa shape index (κ2) is 5.03. The third-order valence-corrected chi connectivity index (χ3v) is 3.26. The predicted molar refractivity (Wildman–Crippen MR) is 65.9 cm³/mol. The highest BCUT2D eigenvalue weighted by Crippen LogP contribution is 2.12. The van der Waals surface area contributed by atoms with Crippen molar-refractivity contribution in [2.24, 2.45) is 0 Å². The Morgan fingerprint density at radius 1 is 1.44 bits per heavy atom. The zero-order valence-electron chi connectivity index (χ0n) is 9.14. The molecule has 0 unspecified atom stereocenters. The lowest BCUT2D eigenvalue weighted by molar-refractivity contribution is 0.0982. The Labute approximate surface area is 99.0 Å². The Kier molecular flexibility index (Phi) is 3.47. The van der Waals surface area contributed by atoms with Crippen LogP contribution in [0.25, 0.3) is 0 Å². The molecule has 3 heteroatoms. The Morgan fingerprint density at radius 3 is 3.00 bits per heavy atom. The highest BCUT2D eigenvalue weighted by atomic mass is 32.1. The van der Waals surface area contributed by atoms with Gasteiger partial charge in [-0.1, -0.05) is 0 Å². The zero-order valence-corrected chi connectivity index (χ0v) is 9.96. The maximum Gasteiger partial charge on any atom is 0.165 e. The first-order valence-electron chi connectivity index (χ1n) is 5.23. The van der Waals surface area contributed by atoms with E-state index in [9.17, 15) is 4.79 Å². The fraction of sp³-hybridized carbons (Fsp3) is 0.231. The quantitative estimate of drug-likeness (QED) is 0.756. The molecule has 0 aliphatic carbocycles. The van der Waals surface area contributed by atoms with Gasteiger partial charge in [0, 0.05) is 23.9 Å². The molecule has 2 nitrogen and oxygen atoms in total. The van der Waals surface area contributed by atoms with Gasteiger partial charge in [0.15, 0.2) is 5.78 Å². The lowest BCUT2D eigenvalue weighted by atomic mass is 10.0. The summed E-state index contributed by atoms with van der Waals surface area (Å²) in [4.78, 5) is 16.1. The van der Waals surface area contributed by atoms with Crippen molar-refractivity contribution in [3.05, 3.63) is 52.0 Å². The molecule has 0 bridgehead atoms. The molecule has 2 rings (SSSR count). The van der Waals surface area contributed by atoms with Crippen LogP contribution in [0.5, 0.6) is 0 Å². The zero-order chi connectivity index (χ0) is 11.4. The third-order valence-electron chi connectivity index (χ3n) is 2.53. The van der Waals surface area contributed by atoms with E-state index in [1.807, 2.05) is 24.4 Å². The highest BCUT2D eigenvalue weighted by Gasteiger charge is 2.09. The average molecular weight is 231 g/mol. The second-order valence-corrected chi connectivity index (χ2v) is 4.47. The number of rotatable bonds is 4. The summed E-state index contributed by atoms with van der Waals surface area (Å²) in [5.74, 6) is 0.178. The van der Waals surface area contributed by atoms with Gasteiger partial charge in [0.05, 0.1) is 0 Å². The standard InChI is InChI=1S/C13H13NOS/c1-10-12(3-2-7-14-10)13(15)5-4-11-6-8-16-9-11/h2-3,6-9H,4-5H2,1H3. The lowest BCUT2D eigenvalue weighted by Crippen LogP contribution is -2.04. The Hall–Kier alpha value is -1.48. The van der Waals surface area contributed by atoms with Crippen LogP contribution in [-0.2, 0) is 6.42 Å². The predicted octanol–water partition coefficient (Wildman–Crippen LogP) is 3.27. The average Bonchev–Trinajstić information content (AvgIpc) is 2.79. The first-order valence-corrected chi connectivity index (χ1v) is 6.17. The number of aromatic nitrogens is 1. The molecule has 0 radical (unpaired) electrons. The molecule has 0 saturated heterocycles. The van der Waals surface area contributed by atoms with Crippen molar-refractivity contribution >= 4 is 17.1 Å². The molecule has 0 fully saturated rings. The molecule has 16 heavy (non-hydrogen) atoms. The molecular weight excluding hydrogens is 218 g/mol. The van der Waals surface area contributed by atoms with Crippen molar-refractivity contribution in [3.8, 4) is 0 Å². The van der Waals surface area contributed by atoms with E-state index >= 15 is 0 Å². The lowest BCUT2D eigenvalue weighted by Gasteiger charge is -2.02. The number of aryl methyl sites for hydroxylation is 2. The van der Waals surface area contributed by atoms with Gasteiger partial charge in [-0.2, -0.15) is 11.3 Å². The fourth-order valence-electron chi connectivity index (χ4n) is 1.61. The van der Waals surface area contributed by atoms with Crippen molar-refractivity contribution in [1.29, 1.82) is 0 Å². The van der Waals surface area contributed by atoms with Crippen LogP contribution >= 0.6 is 11.3 Å². The van der Waals surface area contributed by atoms with E-state index in [-0.39, 0.29) is 5.78 Å². The molecule has 0 saturated carbocycles. The fourth-order valence-corrected chi connectivity index (χ4v) is 2.31. The second-order valence-electron chi connectivity index (χ2n) is 3.69. The minimum absolute atomic E-state index is 0.178. The summed E-state index contributed by atoms with van der Waals surface area (Å²) >= 11 is 1.67. The molecule has 2 aromatic heterocycles. The van der Waals surface area contributed by atoms with Crippen molar-refractivity contribution < 1.29 is 4.79 Å². The molecule has 0 aliphatic heterocycles. The summed E-state index contributed by atoms with van der Waals surface area (Å²) < 4.78 is 0. The van der Waals surface area contributed by atoms with E-state index in [1.54, 1.807) is 17.5 Å². The smallest absolute Gasteiger partial charge is 0.165 e. The Bertz CT molecular complexity index is 476. The van der Waals surface area contributed by atoms with Gasteiger partial charge in [-0.05, 0) is 47.9 Å². The van der Waals surface area contributed by atoms with Crippen LogP contribution in [0.4, 0.5) is 0 Å². The number of hydrogen-bond acceptors (Lipinski definition) is 3. The van der Waals surface area contributed by atoms with E-state index in [2.05, 4.69) is 16.4 Å². The number of thiophene rings is 1. The molecule has 0 amide bonds. The molecule has 82 valence electrons. The number of Topliss-reactive ketones (excluding diaryl/α,β-unsaturated/α-hetero) is 1. The Morgan fingerprint density at radius 2 is 2.31 bits per heavy atom. The number of carbonyl (C=O) groups excluding carboxylic acids is 1. The summed E-state index contributed by atoms with van der Waals surface area (Å²) in [6.07, 6.45) is 3.09. The van der Waals surface area contributed by atoms with Gasteiger partial charge in [-0.25, -0.2) is 0 Å². The van der Waals surface area contributed by atoms with Gasteiger partial charge in [-0.15, -0.1) is 0 Å². The number of hydrogen-bond donors (Lipinski definition) is 0. The molecule has 0 aromatic carbocycles. The van der Waals surface area contributed by atoms with Crippen LogP contribution in [0, 0.1) is 6.92 Å². The SMILES string of the molecule is Cc1ncccc1C(=O)CCc1ccsc1. The minimum Gasteiger partial charge on any atom is -0.294 e. The van der Waals surface area contributed by atoms with Gasteiger partial charge in [0.2, 0.25) is 0 Å². The molecule has 0 spiro atoms. The van der Waals surface area contributed by atoms with E-state index in [0.717, 1.165) is 17.7 Å². The maximum atomic E-state index is 11.9. The molecular formula is C13H13NOS. The van der Waals surface area contributed by atoms with Gasteiger partial charge >= 0.3 is 0 Å². The van der Waals surface area contributed by atoms with E-state index in [4.69, 9.17) is 0 Å². The van der Waals surface area contributed by atoms with Crippen LogP contribution in [-0.4, -0.2) is 10.8 Å². The largest absolute Gasteiger partial charge is 0.294 e. The van der Waals surface area contributed by atoms with Crippen LogP contribution in [0.15, 0.2) is 35.2 Å². The van der Waals surface area contributed by atoms with Crippen LogP contribution < -0.4 is 0 Å². The number of pyridine rings is 1. The molecule has 0 N–H and O–H groups in total. The van der Waals surface area contributed by atoms with Gasteiger partial charge in [0.1, 0.15) is 0 Å². The summed E-state index contributed by atoms with van der Waals surface area (Å²) in [6, 6.07) is 5.72. The summed E-state index contributed by atoms with van der Waals surface area (Å²) in [7, 11) is 0. The Balaban J connectivity index is 2.01. The first-order chi connectivity index (χ1) is 7.77. The minimum atomic E-state index is 0.178. The van der Waals surface area contributed by atoms with Crippen molar-refractivity contribution in [2.75, 3.05) is 0 Å². The van der Waals surface area contributed by atoms with Crippen LogP contribution in [0.1, 0.15) is 28.0 Å². The summed E-state index contributed by atoms with van der Waals surface area (Å²) in [5.41, 5.74) is 2.80. The topological polar surface area (TPSA) is 30.0 Å². The monoisotopic (exact) mass is 231 g/mol. The first kappa shape index (κ1) is 11.0. The molecule has 0 aliphatic rings. The van der Waals surface area contributed by atoms with Gasteiger partial charge < -0.3 is 0 Å². The summed E-state index contributed by atoms with van der Waals surface area (Å²) in [6.45, 7) is 1.87. The van der Waals surface area contributed by atoms with Crippen LogP contribution in [0.2, 0.25) is 0 Å². The normalized spacial score (nSPS) is 10.3. The third kappa shape index (κ3) is 2.55. The van der Waals surface area contributed by atoms with Gasteiger partial charge in [0.25, 0.3) is 0 Å².